The minimum atomic E-state index is 0.550. The fourth-order valence-electron chi connectivity index (χ4n) is 1.60. The largest absolute Gasteiger partial charge is 0.495 e. The van der Waals surface area contributed by atoms with Crippen LogP contribution in [0.15, 0.2) is 30.6 Å². The molecular formula is C13H15ClN4O. The van der Waals surface area contributed by atoms with Gasteiger partial charge in [-0.05, 0) is 25.1 Å². The number of rotatable bonds is 5. The Balaban J connectivity index is 2.16. The number of methoxy groups -OCH3 is 1. The Bertz CT molecular complexity index is 562. The summed E-state index contributed by atoms with van der Waals surface area (Å²) >= 11 is 6.07. The number of nitrogens with zero attached hydrogens (tertiary/aromatic N) is 2. The number of halogens is 1. The minimum absolute atomic E-state index is 0.550. The van der Waals surface area contributed by atoms with Crippen LogP contribution >= 0.6 is 11.6 Å². The highest BCUT2D eigenvalue weighted by molar-refractivity contribution is 6.32. The van der Waals surface area contributed by atoms with E-state index in [1.807, 2.05) is 19.1 Å². The van der Waals surface area contributed by atoms with E-state index in [1.165, 1.54) is 6.33 Å². The summed E-state index contributed by atoms with van der Waals surface area (Å²) in [5.74, 6) is 2.12. The Morgan fingerprint density at radius 3 is 2.68 bits per heavy atom. The molecule has 0 amide bonds. The van der Waals surface area contributed by atoms with Gasteiger partial charge in [-0.25, -0.2) is 9.97 Å². The highest BCUT2D eigenvalue weighted by atomic mass is 35.5. The molecule has 0 aliphatic rings. The van der Waals surface area contributed by atoms with Crippen LogP contribution in [0.2, 0.25) is 5.02 Å². The zero-order valence-electron chi connectivity index (χ0n) is 10.8. The molecule has 19 heavy (non-hydrogen) atoms. The molecule has 0 fully saturated rings. The summed E-state index contributed by atoms with van der Waals surface area (Å²) in [6, 6.07) is 7.30. The van der Waals surface area contributed by atoms with Crippen molar-refractivity contribution >= 4 is 28.9 Å². The van der Waals surface area contributed by atoms with Crippen LogP contribution in [0, 0.1) is 0 Å². The van der Waals surface area contributed by atoms with Gasteiger partial charge in [0.05, 0.1) is 12.1 Å². The van der Waals surface area contributed by atoms with Crippen LogP contribution < -0.4 is 15.4 Å². The summed E-state index contributed by atoms with van der Waals surface area (Å²) in [6.45, 7) is 2.82. The van der Waals surface area contributed by atoms with E-state index in [9.17, 15) is 0 Å². The zero-order chi connectivity index (χ0) is 13.7. The number of aromatic nitrogens is 2. The van der Waals surface area contributed by atoms with E-state index in [1.54, 1.807) is 19.2 Å². The van der Waals surface area contributed by atoms with Gasteiger partial charge < -0.3 is 15.4 Å². The van der Waals surface area contributed by atoms with Gasteiger partial charge in [0, 0.05) is 18.3 Å². The predicted molar refractivity (Wildman–Crippen MR) is 77.5 cm³/mol. The summed E-state index contributed by atoms with van der Waals surface area (Å²) < 4.78 is 5.11. The van der Waals surface area contributed by atoms with Crippen LogP contribution in [0.25, 0.3) is 0 Å². The van der Waals surface area contributed by atoms with Crippen molar-refractivity contribution < 1.29 is 4.74 Å². The maximum atomic E-state index is 6.07. The van der Waals surface area contributed by atoms with Crippen molar-refractivity contribution in [2.45, 2.75) is 6.92 Å². The van der Waals surface area contributed by atoms with Crippen molar-refractivity contribution in [3.05, 3.63) is 35.6 Å². The molecule has 2 N–H and O–H groups in total. The summed E-state index contributed by atoms with van der Waals surface area (Å²) in [5.41, 5.74) is 0.840. The van der Waals surface area contributed by atoms with Gasteiger partial charge in [0.1, 0.15) is 23.7 Å². The number of hydrogen-bond donors (Lipinski definition) is 2. The van der Waals surface area contributed by atoms with E-state index in [0.29, 0.717) is 16.6 Å². The standard InChI is InChI=1S/C13H15ClN4O/c1-3-15-12-7-13(17-8-16-12)18-9-4-5-11(19-2)10(14)6-9/h4-8H,3H2,1-2H3,(H2,15,16,17,18). The smallest absolute Gasteiger partial charge is 0.137 e. The first-order chi connectivity index (χ1) is 9.22. The second-order valence-corrected chi connectivity index (χ2v) is 4.20. The average Bonchev–Trinajstić information content (AvgIpc) is 2.40. The van der Waals surface area contributed by atoms with Crippen molar-refractivity contribution in [1.29, 1.82) is 0 Å². The van der Waals surface area contributed by atoms with Crippen LogP contribution in [-0.4, -0.2) is 23.6 Å². The average molecular weight is 279 g/mol. The molecule has 0 spiro atoms. The lowest BCUT2D eigenvalue weighted by atomic mass is 10.3. The molecule has 5 nitrogen and oxygen atoms in total. The summed E-state index contributed by atoms with van der Waals surface area (Å²) in [6.07, 6.45) is 1.51. The Labute approximate surface area is 117 Å². The lowest BCUT2D eigenvalue weighted by Gasteiger charge is -2.09. The zero-order valence-corrected chi connectivity index (χ0v) is 11.5. The Kier molecular flexibility index (Phi) is 4.41. The van der Waals surface area contributed by atoms with Crippen LogP contribution in [0.5, 0.6) is 5.75 Å². The topological polar surface area (TPSA) is 59.1 Å². The minimum Gasteiger partial charge on any atom is -0.495 e. The number of nitrogens with one attached hydrogen (secondary N) is 2. The van der Waals surface area contributed by atoms with Gasteiger partial charge in [-0.1, -0.05) is 11.6 Å². The fraction of sp³-hybridized carbons (Fsp3) is 0.231. The van der Waals surface area contributed by atoms with E-state index >= 15 is 0 Å². The monoisotopic (exact) mass is 278 g/mol. The maximum Gasteiger partial charge on any atom is 0.137 e. The van der Waals surface area contributed by atoms with Crippen LogP contribution in [0.3, 0.4) is 0 Å². The Hall–Kier alpha value is -2.01. The van der Waals surface area contributed by atoms with Crippen molar-refractivity contribution in [3.8, 4) is 5.75 Å². The molecule has 0 saturated carbocycles. The van der Waals surface area contributed by atoms with Crippen LogP contribution in [-0.2, 0) is 0 Å². The highest BCUT2D eigenvalue weighted by Crippen LogP contribution is 2.28. The van der Waals surface area contributed by atoms with E-state index in [2.05, 4.69) is 20.6 Å². The molecule has 1 aromatic carbocycles. The molecule has 6 heteroatoms. The maximum absolute atomic E-state index is 6.07. The fourth-order valence-corrected chi connectivity index (χ4v) is 1.85. The third kappa shape index (κ3) is 3.48. The SMILES string of the molecule is CCNc1cc(Nc2ccc(OC)c(Cl)c2)ncn1. The van der Waals surface area contributed by atoms with Gasteiger partial charge in [-0.2, -0.15) is 0 Å². The molecule has 100 valence electrons. The molecule has 1 aromatic heterocycles. The lowest BCUT2D eigenvalue weighted by Crippen LogP contribution is -2.01. The van der Waals surface area contributed by atoms with Crippen LogP contribution in [0.4, 0.5) is 17.3 Å². The first kappa shape index (κ1) is 13.4. The molecular weight excluding hydrogens is 264 g/mol. The molecule has 0 bridgehead atoms. The Morgan fingerprint density at radius 2 is 2.00 bits per heavy atom. The van der Waals surface area contributed by atoms with E-state index < -0.39 is 0 Å². The molecule has 2 aromatic rings. The number of benzene rings is 1. The summed E-state index contributed by atoms with van der Waals surface area (Å²) in [7, 11) is 1.58. The third-order valence-electron chi connectivity index (χ3n) is 2.45. The third-order valence-corrected chi connectivity index (χ3v) is 2.74. The summed E-state index contributed by atoms with van der Waals surface area (Å²) in [5, 5.41) is 6.84. The van der Waals surface area contributed by atoms with Gasteiger partial charge in [-0.3, -0.25) is 0 Å². The molecule has 2 rings (SSSR count). The van der Waals surface area contributed by atoms with Gasteiger partial charge >= 0.3 is 0 Å². The molecule has 0 atom stereocenters. The highest BCUT2D eigenvalue weighted by Gasteiger charge is 2.03. The second-order valence-electron chi connectivity index (χ2n) is 3.79. The van der Waals surface area contributed by atoms with Gasteiger partial charge in [-0.15, -0.1) is 0 Å². The van der Waals surface area contributed by atoms with Crippen molar-refractivity contribution in [2.24, 2.45) is 0 Å². The van der Waals surface area contributed by atoms with Crippen molar-refractivity contribution in [1.82, 2.24) is 9.97 Å². The second kappa shape index (κ2) is 6.24. The summed E-state index contributed by atoms with van der Waals surface area (Å²) in [4.78, 5) is 8.26. The van der Waals surface area contributed by atoms with E-state index in [0.717, 1.165) is 18.1 Å². The van der Waals surface area contributed by atoms with Gasteiger partial charge in [0.2, 0.25) is 0 Å². The van der Waals surface area contributed by atoms with Gasteiger partial charge in [0.25, 0.3) is 0 Å². The number of anilines is 3. The molecule has 0 radical (unpaired) electrons. The molecule has 0 aliphatic carbocycles. The number of hydrogen-bond acceptors (Lipinski definition) is 5. The van der Waals surface area contributed by atoms with Crippen molar-refractivity contribution in [2.75, 3.05) is 24.3 Å². The lowest BCUT2D eigenvalue weighted by molar-refractivity contribution is 0.415. The normalized spacial score (nSPS) is 10.1. The number of ether oxygens (including phenoxy) is 1. The molecule has 0 unspecified atom stereocenters. The quantitative estimate of drug-likeness (QED) is 0.879. The molecule has 0 aliphatic heterocycles. The van der Waals surface area contributed by atoms with E-state index in [-0.39, 0.29) is 0 Å². The first-order valence-electron chi connectivity index (χ1n) is 5.89. The van der Waals surface area contributed by atoms with E-state index in [4.69, 9.17) is 16.3 Å². The predicted octanol–water partition coefficient (Wildman–Crippen LogP) is 3.31. The van der Waals surface area contributed by atoms with Crippen LogP contribution in [0.1, 0.15) is 6.92 Å². The Morgan fingerprint density at radius 1 is 1.21 bits per heavy atom. The first-order valence-corrected chi connectivity index (χ1v) is 6.27. The molecule has 0 saturated heterocycles. The van der Waals surface area contributed by atoms with Crippen molar-refractivity contribution in [3.63, 3.8) is 0 Å². The van der Waals surface area contributed by atoms with Gasteiger partial charge in [0.15, 0.2) is 0 Å². The molecule has 1 heterocycles.